The molecule has 0 spiro atoms. The molecule has 7 heteroatoms. The fourth-order valence-electron chi connectivity index (χ4n) is 3.24. The Hall–Kier alpha value is -2.02. The zero-order valence-corrected chi connectivity index (χ0v) is 15.3. The van der Waals surface area contributed by atoms with E-state index < -0.39 is 0 Å². The molecule has 0 aliphatic heterocycles. The Morgan fingerprint density at radius 1 is 1.33 bits per heavy atom. The van der Waals surface area contributed by atoms with Crippen LogP contribution in [0, 0.1) is 12.3 Å². The van der Waals surface area contributed by atoms with Crippen LogP contribution >= 0.6 is 11.3 Å². The van der Waals surface area contributed by atoms with Crippen molar-refractivity contribution < 1.29 is 9.59 Å². The summed E-state index contributed by atoms with van der Waals surface area (Å²) < 4.78 is 0. The number of carbonyl (C=O) groups excluding carboxylic acids is 2. The Bertz CT molecular complexity index is 804. The van der Waals surface area contributed by atoms with Crippen molar-refractivity contribution >= 4 is 28.2 Å². The summed E-state index contributed by atoms with van der Waals surface area (Å²) in [7, 11) is 0. The Morgan fingerprint density at radius 2 is 2.08 bits per heavy atom. The number of nitrogens with one attached hydrogen (secondary N) is 2. The number of aromatic amines is 1. The Morgan fingerprint density at radius 3 is 2.79 bits per heavy atom. The van der Waals surface area contributed by atoms with Crippen molar-refractivity contribution in [2.24, 2.45) is 5.41 Å². The van der Waals surface area contributed by atoms with Crippen molar-refractivity contribution in [3.8, 4) is 0 Å². The van der Waals surface area contributed by atoms with Gasteiger partial charge in [-0.15, -0.1) is 10.2 Å². The van der Waals surface area contributed by atoms with Crippen molar-refractivity contribution in [2.75, 3.05) is 5.32 Å². The highest BCUT2D eigenvalue weighted by atomic mass is 32.1. The average Bonchev–Trinajstić information content (AvgIpc) is 3.02. The van der Waals surface area contributed by atoms with Crippen LogP contribution in [-0.4, -0.2) is 26.9 Å². The molecule has 0 saturated carbocycles. The van der Waals surface area contributed by atoms with Gasteiger partial charge in [-0.2, -0.15) is 0 Å². The molecule has 128 valence electrons. The number of anilines is 1. The molecule has 2 N–H and O–H groups in total. The van der Waals surface area contributed by atoms with Crippen LogP contribution in [0.25, 0.3) is 0 Å². The molecule has 0 fully saturated rings. The third-order valence-corrected chi connectivity index (χ3v) is 5.18. The first-order valence-electron chi connectivity index (χ1n) is 8.19. The van der Waals surface area contributed by atoms with Crippen LogP contribution in [0.5, 0.6) is 0 Å². The number of rotatable bonds is 4. The van der Waals surface area contributed by atoms with E-state index in [2.05, 4.69) is 41.3 Å². The molecular weight excluding hydrogens is 324 g/mol. The molecule has 2 aromatic heterocycles. The maximum Gasteiger partial charge on any atom is 0.274 e. The molecule has 1 amide bonds. The fourth-order valence-corrected chi connectivity index (χ4v) is 4.07. The van der Waals surface area contributed by atoms with Gasteiger partial charge in [-0.3, -0.25) is 14.9 Å². The number of Topliss-reactive ketones (excluding diaryl/α,β-unsaturated/α-hetero) is 1. The number of amides is 1. The van der Waals surface area contributed by atoms with E-state index in [0.29, 0.717) is 22.8 Å². The number of ketones is 1. The first kappa shape index (κ1) is 16.8. The SMILES string of the molecule is CCCc1nnc(NC(=O)c2[nH]c3c(c2C)C(=O)CC(C)(C)C3)s1. The quantitative estimate of drug-likeness (QED) is 0.886. The molecule has 3 rings (SSSR count). The van der Waals surface area contributed by atoms with Crippen LogP contribution in [0.2, 0.25) is 0 Å². The van der Waals surface area contributed by atoms with Gasteiger partial charge in [0.05, 0.1) is 0 Å². The van der Waals surface area contributed by atoms with Crippen LogP contribution in [0.1, 0.15) is 70.7 Å². The van der Waals surface area contributed by atoms with E-state index >= 15 is 0 Å². The van der Waals surface area contributed by atoms with Gasteiger partial charge in [0.1, 0.15) is 10.7 Å². The standard InChI is InChI=1S/C17H22N4O2S/c1-5-6-12-20-21-16(24-12)19-15(23)14-9(2)13-10(18-14)7-17(3,4)8-11(13)22/h18H,5-8H2,1-4H3,(H,19,21,23). The predicted octanol–water partition coefficient (Wildman–Crippen LogP) is 3.53. The highest BCUT2D eigenvalue weighted by Gasteiger charge is 2.35. The maximum atomic E-state index is 12.6. The number of H-pyrrole nitrogens is 1. The smallest absolute Gasteiger partial charge is 0.274 e. The lowest BCUT2D eigenvalue weighted by Gasteiger charge is -2.28. The van der Waals surface area contributed by atoms with Crippen molar-refractivity contribution in [1.29, 1.82) is 0 Å². The first-order chi connectivity index (χ1) is 11.3. The van der Waals surface area contributed by atoms with Gasteiger partial charge in [-0.1, -0.05) is 32.1 Å². The van der Waals surface area contributed by atoms with Gasteiger partial charge in [-0.05, 0) is 30.7 Å². The van der Waals surface area contributed by atoms with E-state index in [1.54, 1.807) is 0 Å². The predicted molar refractivity (Wildman–Crippen MR) is 93.8 cm³/mol. The van der Waals surface area contributed by atoms with Crippen LogP contribution in [0.4, 0.5) is 5.13 Å². The van der Waals surface area contributed by atoms with E-state index in [0.717, 1.165) is 35.5 Å². The molecule has 0 aromatic carbocycles. The van der Waals surface area contributed by atoms with Crippen molar-refractivity contribution in [2.45, 2.75) is 53.4 Å². The van der Waals surface area contributed by atoms with Crippen LogP contribution in [0.15, 0.2) is 0 Å². The Labute approximate surface area is 145 Å². The molecule has 2 aromatic rings. The van der Waals surface area contributed by atoms with Crippen molar-refractivity contribution in [3.05, 3.63) is 27.5 Å². The van der Waals surface area contributed by atoms with E-state index in [9.17, 15) is 9.59 Å². The first-order valence-corrected chi connectivity index (χ1v) is 9.01. The molecule has 0 saturated heterocycles. The minimum Gasteiger partial charge on any atom is -0.354 e. The monoisotopic (exact) mass is 346 g/mol. The maximum absolute atomic E-state index is 12.6. The van der Waals surface area contributed by atoms with Crippen molar-refractivity contribution in [3.63, 3.8) is 0 Å². The third-order valence-electron chi connectivity index (χ3n) is 4.28. The molecule has 0 radical (unpaired) electrons. The fraction of sp³-hybridized carbons (Fsp3) is 0.529. The summed E-state index contributed by atoms with van der Waals surface area (Å²) in [5.74, 6) is -0.165. The minimum absolute atomic E-state index is 0.0800. The summed E-state index contributed by atoms with van der Waals surface area (Å²) in [5, 5.41) is 12.2. The lowest BCUT2D eigenvalue weighted by molar-refractivity contribution is 0.0910. The zero-order valence-electron chi connectivity index (χ0n) is 14.4. The van der Waals surface area contributed by atoms with Gasteiger partial charge in [0, 0.05) is 24.1 Å². The van der Waals surface area contributed by atoms with Gasteiger partial charge in [-0.25, -0.2) is 0 Å². The summed E-state index contributed by atoms with van der Waals surface area (Å²) in [6.07, 6.45) is 3.12. The number of fused-ring (bicyclic) bond motifs is 1. The largest absolute Gasteiger partial charge is 0.354 e. The molecule has 1 aliphatic rings. The lowest BCUT2D eigenvalue weighted by atomic mass is 9.75. The van der Waals surface area contributed by atoms with Crippen LogP contribution in [-0.2, 0) is 12.8 Å². The highest BCUT2D eigenvalue weighted by molar-refractivity contribution is 7.15. The molecule has 2 heterocycles. The van der Waals surface area contributed by atoms with Gasteiger partial charge < -0.3 is 4.98 Å². The normalized spacial score (nSPS) is 16.1. The Balaban J connectivity index is 1.84. The second-order valence-corrected chi connectivity index (χ2v) is 8.19. The van der Waals surface area contributed by atoms with E-state index in [1.165, 1.54) is 11.3 Å². The lowest BCUT2D eigenvalue weighted by Crippen LogP contribution is -2.26. The minimum atomic E-state index is -0.272. The Kier molecular flexibility index (Phi) is 4.29. The molecule has 24 heavy (non-hydrogen) atoms. The number of aromatic nitrogens is 3. The van der Waals surface area contributed by atoms with E-state index in [1.807, 2.05) is 6.92 Å². The molecule has 0 atom stereocenters. The second-order valence-electron chi connectivity index (χ2n) is 7.12. The van der Waals surface area contributed by atoms with Crippen LogP contribution < -0.4 is 5.32 Å². The average molecular weight is 346 g/mol. The highest BCUT2D eigenvalue weighted by Crippen LogP contribution is 2.36. The second kappa shape index (κ2) is 6.12. The van der Waals surface area contributed by atoms with Gasteiger partial charge in [0.15, 0.2) is 5.78 Å². The number of nitrogens with zero attached hydrogens (tertiary/aromatic N) is 2. The summed E-state index contributed by atoms with van der Waals surface area (Å²) in [5.41, 5.74) is 2.63. The van der Waals surface area contributed by atoms with Gasteiger partial charge in [0.2, 0.25) is 5.13 Å². The zero-order chi connectivity index (χ0) is 17.5. The van der Waals surface area contributed by atoms with Gasteiger partial charge in [0.25, 0.3) is 5.91 Å². The number of carbonyl (C=O) groups is 2. The van der Waals surface area contributed by atoms with Crippen LogP contribution in [0.3, 0.4) is 0 Å². The summed E-state index contributed by atoms with van der Waals surface area (Å²) in [4.78, 5) is 28.2. The van der Waals surface area contributed by atoms with Gasteiger partial charge >= 0.3 is 0 Å². The number of hydrogen-bond donors (Lipinski definition) is 2. The topological polar surface area (TPSA) is 87.7 Å². The molecule has 1 aliphatic carbocycles. The van der Waals surface area contributed by atoms with E-state index in [4.69, 9.17) is 0 Å². The molecule has 0 unspecified atom stereocenters. The van der Waals surface area contributed by atoms with Crippen molar-refractivity contribution in [1.82, 2.24) is 15.2 Å². The summed E-state index contributed by atoms with van der Waals surface area (Å²) >= 11 is 1.39. The summed E-state index contributed by atoms with van der Waals surface area (Å²) in [6.45, 7) is 8.04. The number of hydrogen-bond acceptors (Lipinski definition) is 5. The molecule has 0 bridgehead atoms. The third kappa shape index (κ3) is 3.13. The van der Waals surface area contributed by atoms with E-state index in [-0.39, 0.29) is 17.1 Å². The number of aryl methyl sites for hydroxylation is 1. The molecular formula is C17H22N4O2S. The molecule has 6 nitrogen and oxygen atoms in total. The summed E-state index contributed by atoms with van der Waals surface area (Å²) in [6, 6.07) is 0.